The summed E-state index contributed by atoms with van der Waals surface area (Å²) in [6.07, 6.45) is 2.97. The Hall–Kier alpha value is -2.41. The van der Waals surface area contributed by atoms with Crippen molar-refractivity contribution in [1.29, 1.82) is 0 Å². The number of benzene rings is 1. The smallest absolute Gasteiger partial charge is 0.226 e. The summed E-state index contributed by atoms with van der Waals surface area (Å²) in [5, 5.41) is 0. The Balaban J connectivity index is 1.59. The quantitative estimate of drug-likeness (QED) is 0.724. The van der Waals surface area contributed by atoms with E-state index in [-0.39, 0.29) is 23.7 Å². The molecule has 2 aliphatic rings. The molecule has 0 aliphatic carbocycles. The third-order valence-corrected chi connectivity index (χ3v) is 7.86. The maximum absolute atomic E-state index is 13.9. The molecule has 1 atom stereocenters. The zero-order valence-corrected chi connectivity index (χ0v) is 17.2. The first-order valence-corrected chi connectivity index (χ1v) is 12.0. The standard InChI is InChI=1S/C22H26FN3O2S/c1-29(28)13-8-17(9-14-29)22(27)26-12-11-25(21-7-2-3-10-24-21)16-20(26)18-5-4-6-19(23)15-18/h2-7,10,15,17,20H,1,8-9,11-14,16H2. The highest BCUT2D eigenvalue weighted by Crippen LogP contribution is 2.31. The highest BCUT2D eigenvalue weighted by atomic mass is 32.2. The van der Waals surface area contributed by atoms with Gasteiger partial charge in [0.25, 0.3) is 0 Å². The van der Waals surface area contributed by atoms with Gasteiger partial charge in [0.1, 0.15) is 11.6 Å². The molecule has 1 unspecified atom stereocenters. The van der Waals surface area contributed by atoms with Crippen LogP contribution >= 0.6 is 0 Å². The van der Waals surface area contributed by atoms with Crippen LogP contribution in [-0.2, 0) is 14.3 Å². The zero-order chi connectivity index (χ0) is 20.4. The number of hydrogen-bond acceptors (Lipinski definition) is 4. The Bertz CT molecular complexity index is 967. The molecule has 0 N–H and O–H groups in total. The Labute approximate surface area is 171 Å². The van der Waals surface area contributed by atoms with Crippen LogP contribution in [0.1, 0.15) is 24.4 Å². The van der Waals surface area contributed by atoms with Crippen LogP contribution in [0.15, 0.2) is 48.7 Å². The summed E-state index contributed by atoms with van der Waals surface area (Å²) in [6, 6.07) is 12.0. The number of amides is 1. The predicted octanol–water partition coefficient (Wildman–Crippen LogP) is 2.74. The molecular weight excluding hydrogens is 389 g/mol. The van der Waals surface area contributed by atoms with E-state index in [4.69, 9.17) is 0 Å². The molecule has 0 radical (unpaired) electrons. The number of pyridine rings is 1. The molecule has 0 saturated carbocycles. The fraction of sp³-hybridized carbons (Fsp3) is 0.409. The number of halogens is 1. The third-order valence-electron chi connectivity index (χ3n) is 5.90. The Kier molecular flexibility index (Phi) is 5.58. The second-order valence-electron chi connectivity index (χ2n) is 7.88. The normalized spacial score (nSPS) is 27.6. The topological polar surface area (TPSA) is 53.5 Å². The van der Waals surface area contributed by atoms with Gasteiger partial charge in [-0.05, 0) is 58.1 Å². The molecule has 2 fully saturated rings. The Morgan fingerprint density at radius 1 is 1.14 bits per heavy atom. The van der Waals surface area contributed by atoms with Gasteiger partial charge in [-0.1, -0.05) is 18.2 Å². The summed E-state index contributed by atoms with van der Waals surface area (Å²) >= 11 is 0. The molecule has 7 heteroatoms. The van der Waals surface area contributed by atoms with Gasteiger partial charge in [-0.2, -0.15) is 0 Å². The molecule has 2 saturated heterocycles. The van der Waals surface area contributed by atoms with E-state index in [1.165, 1.54) is 12.1 Å². The van der Waals surface area contributed by atoms with Crippen LogP contribution in [-0.4, -0.2) is 57.0 Å². The number of aromatic nitrogens is 1. The molecule has 2 aromatic rings. The second kappa shape index (κ2) is 8.14. The van der Waals surface area contributed by atoms with Crippen molar-refractivity contribution in [3.05, 3.63) is 60.0 Å². The summed E-state index contributed by atoms with van der Waals surface area (Å²) in [5.41, 5.74) is 0.788. The minimum Gasteiger partial charge on any atom is -0.352 e. The van der Waals surface area contributed by atoms with Gasteiger partial charge in [0.05, 0.1) is 6.04 Å². The van der Waals surface area contributed by atoms with Crippen LogP contribution in [0.25, 0.3) is 0 Å². The first-order chi connectivity index (χ1) is 13.9. The van der Waals surface area contributed by atoms with Crippen LogP contribution in [0.3, 0.4) is 0 Å². The van der Waals surface area contributed by atoms with Crippen molar-refractivity contribution in [2.75, 3.05) is 36.0 Å². The number of rotatable bonds is 3. The summed E-state index contributed by atoms with van der Waals surface area (Å²) in [7, 11) is -2.03. The van der Waals surface area contributed by atoms with E-state index in [1.807, 2.05) is 29.2 Å². The number of hydrogen-bond donors (Lipinski definition) is 0. The van der Waals surface area contributed by atoms with Crippen LogP contribution in [0, 0.1) is 11.7 Å². The molecular formula is C22H26FN3O2S. The molecule has 0 bridgehead atoms. The van der Waals surface area contributed by atoms with Gasteiger partial charge < -0.3 is 9.80 Å². The van der Waals surface area contributed by atoms with E-state index in [1.54, 1.807) is 12.3 Å². The first-order valence-electron chi connectivity index (χ1n) is 9.97. The minimum atomic E-state index is -2.03. The molecule has 3 heterocycles. The molecule has 1 aromatic heterocycles. The van der Waals surface area contributed by atoms with E-state index >= 15 is 0 Å². The van der Waals surface area contributed by atoms with Crippen molar-refractivity contribution in [3.63, 3.8) is 0 Å². The van der Waals surface area contributed by atoms with E-state index in [9.17, 15) is 13.4 Å². The number of carbonyl (C=O) groups is 1. The fourth-order valence-electron chi connectivity index (χ4n) is 4.24. The molecule has 1 aromatic carbocycles. The number of carbonyl (C=O) groups excluding carboxylic acids is 1. The predicted molar refractivity (Wildman–Crippen MR) is 115 cm³/mol. The van der Waals surface area contributed by atoms with Gasteiger partial charge in [0, 0.05) is 43.3 Å². The monoisotopic (exact) mass is 415 g/mol. The fourth-order valence-corrected chi connectivity index (χ4v) is 5.87. The van der Waals surface area contributed by atoms with Crippen LogP contribution in [0.2, 0.25) is 0 Å². The molecule has 1 amide bonds. The minimum absolute atomic E-state index is 0.0785. The van der Waals surface area contributed by atoms with Gasteiger partial charge in [-0.3, -0.25) is 9.00 Å². The van der Waals surface area contributed by atoms with Gasteiger partial charge in [-0.15, -0.1) is 0 Å². The number of anilines is 1. The highest BCUT2D eigenvalue weighted by molar-refractivity contribution is 8.00. The third kappa shape index (κ3) is 4.45. The Morgan fingerprint density at radius 3 is 2.62 bits per heavy atom. The van der Waals surface area contributed by atoms with E-state index < -0.39 is 9.52 Å². The molecule has 154 valence electrons. The lowest BCUT2D eigenvalue weighted by molar-refractivity contribution is -0.138. The van der Waals surface area contributed by atoms with Crippen LogP contribution in [0.4, 0.5) is 10.2 Å². The van der Waals surface area contributed by atoms with Gasteiger partial charge in [0.15, 0.2) is 0 Å². The highest BCUT2D eigenvalue weighted by Gasteiger charge is 2.36. The molecule has 2 aliphatic heterocycles. The van der Waals surface area contributed by atoms with Gasteiger partial charge in [0.2, 0.25) is 5.91 Å². The van der Waals surface area contributed by atoms with E-state index in [0.29, 0.717) is 44.0 Å². The summed E-state index contributed by atoms with van der Waals surface area (Å²) in [4.78, 5) is 21.8. The number of nitrogens with zero attached hydrogens (tertiary/aromatic N) is 3. The second-order valence-corrected chi connectivity index (χ2v) is 10.6. The van der Waals surface area contributed by atoms with Crippen LogP contribution in [0.5, 0.6) is 0 Å². The molecule has 4 rings (SSSR count). The lowest BCUT2D eigenvalue weighted by atomic mass is 9.96. The molecule has 29 heavy (non-hydrogen) atoms. The largest absolute Gasteiger partial charge is 0.352 e. The van der Waals surface area contributed by atoms with Gasteiger partial charge in [-0.25, -0.2) is 9.37 Å². The molecule has 0 spiro atoms. The summed E-state index contributed by atoms with van der Waals surface area (Å²) in [6.45, 7) is 1.78. The van der Waals surface area contributed by atoms with Gasteiger partial charge >= 0.3 is 0 Å². The summed E-state index contributed by atoms with van der Waals surface area (Å²) < 4.78 is 26.1. The van der Waals surface area contributed by atoms with E-state index in [0.717, 1.165) is 11.4 Å². The van der Waals surface area contributed by atoms with E-state index in [2.05, 4.69) is 15.8 Å². The summed E-state index contributed by atoms with van der Waals surface area (Å²) in [5.74, 6) is 5.30. The maximum Gasteiger partial charge on any atom is 0.226 e. The lowest BCUT2D eigenvalue weighted by Gasteiger charge is -2.44. The van der Waals surface area contributed by atoms with Crippen molar-refractivity contribution in [2.24, 2.45) is 5.92 Å². The van der Waals surface area contributed by atoms with Crippen LogP contribution < -0.4 is 4.90 Å². The Morgan fingerprint density at radius 2 is 1.93 bits per heavy atom. The van der Waals surface area contributed by atoms with Crippen molar-refractivity contribution in [3.8, 4) is 0 Å². The van der Waals surface area contributed by atoms with Crippen molar-refractivity contribution in [1.82, 2.24) is 9.88 Å². The molecule has 5 nitrogen and oxygen atoms in total. The number of piperazine rings is 1. The van der Waals surface area contributed by atoms with Crippen molar-refractivity contribution in [2.45, 2.75) is 18.9 Å². The average Bonchev–Trinajstić information content (AvgIpc) is 2.73. The zero-order valence-electron chi connectivity index (χ0n) is 16.4. The first kappa shape index (κ1) is 19.9. The van der Waals surface area contributed by atoms with Crippen molar-refractivity contribution < 1.29 is 13.4 Å². The SMILES string of the molecule is C=S1(=O)CCC(C(=O)N2CCN(c3ccccn3)CC2c2cccc(F)c2)CC1. The lowest BCUT2D eigenvalue weighted by Crippen LogP contribution is -2.53. The van der Waals surface area contributed by atoms with Crippen molar-refractivity contribution >= 4 is 27.1 Å². The average molecular weight is 416 g/mol. The maximum atomic E-state index is 13.9.